The molecule has 0 spiro atoms. The van der Waals surface area contributed by atoms with E-state index in [1.807, 2.05) is 24.9 Å². The van der Waals surface area contributed by atoms with Crippen LogP contribution in [-0.2, 0) is 4.79 Å². The number of carbonyl (C=O) groups excluding carboxylic acids is 1. The van der Waals surface area contributed by atoms with Gasteiger partial charge in [0.05, 0.1) is 0 Å². The molecule has 1 aliphatic heterocycles. The maximum Gasteiger partial charge on any atom is 0.222 e. The largest absolute Gasteiger partial charge is 0.344 e. The summed E-state index contributed by atoms with van der Waals surface area (Å²) in [5, 5.41) is 0. The molecule has 1 saturated heterocycles. The summed E-state index contributed by atoms with van der Waals surface area (Å²) in [6.45, 7) is 4.88. The van der Waals surface area contributed by atoms with Gasteiger partial charge in [0, 0.05) is 32.6 Å². The van der Waals surface area contributed by atoms with E-state index < -0.39 is 0 Å². The average Bonchev–Trinajstić information content (AvgIpc) is 2.94. The Morgan fingerprint density at radius 3 is 2.86 bits per heavy atom. The van der Waals surface area contributed by atoms with Gasteiger partial charge in [-0.2, -0.15) is 0 Å². The molecule has 0 unspecified atom stereocenters. The molecule has 1 aromatic carbocycles. The number of likely N-dealkylation sites (tertiary alicyclic amines) is 1. The topological polar surface area (TPSA) is 23.6 Å². The van der Waals surface area contributed by atoms with E-state index in [1.54, 1.807) is 0 Å². The molecule has 0 aromatic heterocycles. The third kappa shape index (κ3) is 4.71. The van der Waals surface area contributed by atoms with Crippen molar-refractivity contribution in [3.05, 3.63) is 42.0 Å². The lowest BCUT2D eigenvalue weighted by Crippen LogP contribution is -2.41. The second-order valence-electron chi connectivity index (χ2n) is 5.73. The minimum Gasteiger partial charge on any atom is -0.344 e. The summed E-state index contributed by atoms with van der Waals surface area (Å²) < 4.78 is 0. The molecule has 1 amide bonds. The Labute approximate surface area is 128 Å². The van der Waals surface area contributed by atoms with Crippen LogP contribution in [-0.4, -0.2) is 48.4 Å². The highest BCUT2D eigenvalue weighted by Crippen LogP contribution is 2.18. The van der Waals surface area contributed by atoms with E-state index in [4.69, 9.17) is 0 Å². The smallest absolute Gasteiger partial charge is 0.222 e. The Morgan fingerprint density at radius 1 is 1.38 bits per heavy atom. The Hall–Kier alpha value is -1.61. The Bertz CT molecular complexity index is 469. The van der Waals surface area contributed by atoms with E-state index in [1.165, 1.54) is 18.4 Å². The van der Waals surface area contributed by atoms with E-state index in [0.29, 0.717) is 12.5 Å². The average molecular weight is 286 g/mol. The standard InChI is InChI=1S/C18H26N2O/c1-3-18(21)19(2)15-17-12-8-14-20(17)13-7-11-16-9-5-4-6-10-16/h4-7,9-11,17H,3,8,12-15H2,1-2H3/b11-7+/t17-/m1/s1. The number of hydrogen-bond donors (Lipinski definition) is 0. The molecule has 21 heavy (non-hydrogen) atoms. The van der Waals surface area contributed by atoms with Crippen molar-refractivity contribution in [1.82, 2.24) is 9.80 Å². The van der Waals surface area contributed by atoms with Gasteiger partial charge >= 0.3 is 0 Å². The molecule has 0 N–H and O–H groups in total. The van der Waals surface area contributed by atoms with Crippen LogP contribution in [0.4, 0.5) is 0 Å². The molecule has 1 aliphatic rings. The number of amides is 1. The monoisotopic (exact) mass is 286 g/mol. The molecule has 0 aliphatic carbocycles. The molecule has 2 rings (SSSR count). The van der Waals surface area contributed by atoms with E-state index in [2.05, 4.69) is 41.3 Å². The van der Waals surface area contributed by atoms with Crippen molar-refractivity contribution in [3.8, 4) is 0 Å². The Morgan fingerprint density at radius 2 is 2.14 bits per heavy atom. The highest BCUT2D eigenvalue weighted by Gasteiger charge is 2.25. The highest BCUT2D eigenvalue weighted by atomic mass is 16.2. The summed E-state index contributed by atoms with van der Waals surface area (Å²) in [7, 11) is 1.92. The van der Waals surface area contributed by atoms with Gasteiger partial charge in [-0.25, -0.2) is 0 Å². The summed E-state index contributed by atoms with van der Waals surface area (Å²) in [6.07, 6.45) is 7.43. The highest BCUT2D eigenvalue weighted by molar-refractivity contribution is 5.75. The second kappa shape index (κ2) is 7.99. The van der Waals surface area contributed by atoms with Gasteiger partial charge in [0.2, 0.25) is 5.91 Å². The van der Waals surface area contributed by atoms with Crippen molar-refractivity contribution >= 4 is 12.0 Å². The van der Waals surface area contributed by atoms with Crippen LogP contribution in [0.2, 0.25) is 0 Å². The van der Waals surface area contributed by atoms with Crippen molar-refractivity contribution in [3.63, 3.8) is 0 Å². The first-order valence-corrected chi connectivity index (χ1v) is 7.90. The van der Waals surface area contributed by atoms with Crippen LogP contribution in [0.5, 0.6) is 0 Å². The van der Waals surface area contributed by atoms with Crippen LogP contribution in [0.15, 0.2) is 36.4 Å². The number of hydrogen-bond acceptors (Lipinski definition) is 2. The quantitative estimate of drug-likeness (QED) is 0.802. The molecular weight excluding hydrogens is 260 g/mol. The SMILES string of the molecule is CCC(=O)N(C)C[C@H]1CCCN1C/C=C/c1ccccc1. The van der Waals surface area contributed by atoms with Gasteiger partial charge in [-0.15, -0.1) is 0 Å². The van der Waals surface area contributed by atoms with Crippen LogP contribution < -0.4 is 0 Å². The van der Waals surface area contributed by atoms with Gasteiger partial charge in [0.25, 0.3) is 0 Å². The molecule has 0 radical (unpaired) electrons. The van der Waals surface area contributed by atoms with Crippen molar-refractivity contribution < 1.29 is 4.79 Å². The molecule has 1 heterocycles. The molecule has 0 bridgehead atoms. The summed E-state index contributed by atoms with van der Waals surface area (Å²) in [5.74, 6) is 0.238. The van der Waals surface area contributed by atoms with Gasteiger partial charge in [-0.3, -0.25) is 9.69 Å². The van der Waals surface area contributed by atoms with Crippen LogP contribution in [0, 0.1) is 0 Å². The maximum absolute atomic E-state index is 11.7. The van der Waals surface area contributed by atoms with E-state index in [9.17, 15) is 4.79 Å². The van der Waals surface area contributed by atoms with E-state index >= 15 is 0 Å². The first-order valence-electron chi connectivity index (χ1n) is 7.90. The molecule has 1 fully saturated rings. The zero-order valence-electron chi connectivity index (χ0n) is 13.2. The van der Waals surface area contributed by atoms with Gasteiger partial charge < -0.3 is 4.90 Å². The normalized spacial score (nSPS) is 19.2. The lowest BCUT2D eigenvalue weighted by Gasteiger charge is -2.27. The number of benzene rings is 1. The molecule has 1 aromatic rings. The molecule has 1 atom stereocenters. The first-order chi connectivity index (χ1) is 10.2. The van der Waals surface area contributed by atoms with Crippen molar-refractivity contribution in [2.45, 2.75) is 32.2 Å². The Kier molecular flexibility index (Phi) is 6.00. The van der Waals surface area contributed by atoms with Gasteiger partial charge in [-0.05, 0) is 24.9 Å². The zero-order chi connectivity index (χ0) is 15.1. The van der Waals surface area contributed by atoms with Gasteiger partial charge in [0.15, 0.2) is 0 Å². The second-order valence-corrected chi connectivity index (χ2v) is 5.73. The Balaban J connectivity index is 1.84. The number of rotatable bonds is 6. The van der Waals surface area contributed by atoms with Crippen molar-refractivity contribution in [2.75, 3.05) is 26.7 Å². The molecule has 114 valence electrons. The van der Waals surface area contributed by atoms with Crippen LogP contribution >= 0.6 is 0 Å². The lowest BCUT2D eigenvalue weighted by molar-refractivity contribution is -0.130. The van der Waals surface area contributed by atoms with E-state index in [0.717, 1.165) is 19.6 Å². The fourth-order valence-electron chi connectivity index (χ4n) is 2.92. The summed E-state index contributed by atoms with van der Waals surface area (Å²) in [5.41, 5.74) is 1.24. The first kappa shape index (κ1) is 15.8. The van der Waals surface area contributed by atoms with Crippen molar-refractivity contribution in [2.24, 2.45) is 0 Å². The van der Waals surface area contributed by atoms with Crippen molar-refractivity contribution in [1.29, 1.82) is 0 Å². The fourth-order valence-corrected chi connectivity index (χ4v) is 2.92. The summed E-state index contributed by atoms with van der Waals surface area (Å²) >= 11 is 0. The van der Waals surface area contributed by atoms with Gasteiger partial charge in [-0.1, -0.05) is 49.4 Å². The third-order valence-corrected chi connectivity index (χ3v) is 4.16. The third-order valence-electron chi connectivity index (χ3n) is 4.16. The summed E-state index contributed by atoms with van der Waals surface area (Å²) in [4.78, 5) is 16.1. The zero-order valence-corrected chi connectivity index (χ0v) is 13.2. The van der Waals surface area contributed by atoms with Crippen LogP contribution in [0.1, 0.15) is 31.7 Å². The minimum atomic E-state index is 0.238. The lowest BCUT2D eigenvalue weighted by atomic mass is 10.2. The number of likely N-dealkylation sites (N-methyl/N-ethyl adjacent to an activating group) is 1. The van der Waals surface area contributed by atoms with Crippen LogP contribution in [0.25, 0.3) is 6.08 Å². The summed E-state index contributed by atoms with van der Waals surface area (Å²) in [6, 6.07) is 10.9. The number of carbonyl (C=O) groups is 1. The molecular formula is C18H26N2O. The molecule has 3 nitrogen and oxygen atoms in total. The number of nitrogens with zero attached hydrogens (tertiary/aromatic N) is 2. The van der Waals surface area contributed by atoms with E-state index in [-0.39, 0.29) is 5.91 Å². The minimum absolute atomic E-state index is 0.238. The van der Waals surface area contributed by atoms with Crippen LogP contribution in [0.3, 0.4) is 0 Å². The fraction of sp³-hybridized carbons (Fsp3) is 0.500. The molecule has 0 saturated carbocycles. The van der Waals surface area contributed by atoms with Gasteiger partial charge in [0.1, 0.15) is 0 Å². The predicted molar refractivity (Wildman–Crippen MR) is 88.0 cm³/mol. The maximum atomic E-state index is 11.7. The predicted octanol–water partition coefficient (Wildman–Crippen LogP) is 3.03. The molecule has 3 heteroatoms.